The van der Waals surface area contributed by atoms with Gasteiger partial charge in [-0.2, -0.15) is 0 Å². The monoisotopic (exact) mass is 342 g/mol. The Morgan fingerprint density at radius 1 is 0.760 bits per heavy atom. The Balaban J connectivity index is 1.43. The fourth-order valence-electron chi connectivity index (χ4n) is 3.09. The molecule has 0 unspecified atom stereocenters. The van der Waals surface area contributed by atoms with Gasteiger partial charge in [0.05, 0.1) is 13.2 Å². The topological polar surface area (TPSA) is 49.5 Å². The van der Waals surface area contributed by atoms with Crippen LogP contribution in [0.25, 0.3) is 0 Å². The van der Waals surface area contributed by atoms with Crippen molar-refractivity contribution in [3.05, 3.63) is 71.8 Å². The summed E-state index contributed by atoms with van der Waals surface area (Å²) in [6.45, 7) is 0.969. The van der Waals surface area contributed by atoms with Crippen molar-refractivity contribution in [2.24, 2.45) is 0 Å². The number of fused-ring (bicyclic) bond motifs is 1. The minimum Gasteiger partial charge on any atom is -0.368 e. The van der Waals surface area contributed by atoms with Crippen LogP contribution < -0.4 is 0 Å². The zero-order chi connectivity index (χ0) is 17.1. The van der Waals surface area contributed by atoms with Gasteiger partial charge >= 0.3 is 0 Å². The molecular formula is C20H22O5. The molecule has 5 nitrogen and oxygen atoms in total. The quantitative estimate of drug-likeness (QED) is 0.724. The Morgan fingerprint density at radius 2 is 1.32 bits per heavy atom. The lowest BCUT2D eigenvalue weighted by molar-refractivity contribution is -0.256. The van der Waals surface area contributed by atoms with Gasteiger partial charge in [0.25, 0.3) is 0 Å². The maximum atomic E-state index is 6.15. The van der Waals surface area contributed by atoms with Gasteiger partial charge in [-0.25, -0.2) is 0 Å². The molecule has 0 aliphatic carbocycles. The van der Waals surface area contributed by atoms with Crippen molar-refractivity contribution in [1.82, 2.24) is 0 Å². The summed E-state index contributed by atoms with van der Waals surface area (Å²) in [5.74, 6) is 0. The molecule has 2 aliphatic heterocycles. The van der Waals surface area contributed by atoms with Crippen molar-refractivity contribution in [3.8, 4) is 0 Å². The maximum Gasteiger partial charge on any atom is 0.190 e. The summed E-state index contributed by atoms with van der Waals surface area (Å²) in [7, 11) is 1.61. The van der Waals surface area contributed by atoms with E-state index in [-0.39, 0.29) is 24.6 Å². The number of ether oxygens (including phenoxy) is 5. The second kappa shape index (κ2) is 7.64. The molecule has 5 atom stereocenters. The Labute approximate surface area is 147 Å². The number of benzene rings is 2. The summed E-state index contributed by atoms with van der Waals surface area (Å²) in [6, 6.07) is 20.1. The van der Waals surface area contributed by atoms with Gasteiger partial charge in [0, 0.05) is 7.11 Å². The number of methoxy groups -OCH3 is 1. The van der Waals surface area contributed by atoms with Gasteiger partial charge in [-0.05, 0) is 11.1 Å². The average molecular weight is 342 g/mol. The van der Waals surface area contributed by atoms with Crippen molar-refractivity contribution >= 4 is 0 Å². The molecule has 5 heteroatoms. The smallest absolute Gasteiger partial charge is 0.190 e. The fraction of sp³-hybridized carbons (Fsp3) is 0.400. The van der Waals surface area contributed by atoms with Crippen LogP contribution in [0.4, 0.5) is 0 Å². The summed E-state index contributed by atoms with van der Waals surface area (Å²) in [5.41, 5.74) is 2.21. The van der Waals surface area contributed by atoms with Crippen LogP contribution in [0.3, 0.4) is 0 Å². The molecule has 2 heterocycles. The summed E-state index contributed by atoms with van der Waals surface area (Å²) in [4.78, 5) is 0. The van der Waals surface area contributed by atoms with E-state index in [0.29, 0.717) is 13.2 Å². The molecule has 0 aromatic heterocycles. The van der Waals surface area contributed by atoms with Gasteiger partial charge in [0.15, 0.2) is 12.6 Å². The second-order valence-corrected chi connectivity index (χ2v) is 6.23. The highest BCUT2D eigenvalue weighted by Gasteiger charge is 2.58. The van der Waals surface area contributed by atoms with E-state index in [2.05, 4.69) is 0 Å². The Bertz CT molecular complexity index is 662. The first-order chi connectivity index (χ1) is 12.3. The standard InChI is InChI=1S/C20H22O5/c1-21-19-17(23-13-15-10-6-3-7-11-15)16(18-20(24-18)25-19)22-12-14-8-4-2-5-9-14/h2-11,16-20H,12-13H2,1H3/t16-,17-,18-,19+,20+/m1/s1. The molecule has 4 rings (SSSR count). The highest BCUT2D eigenvalue weighted by molar-refractivity contribution is 5.14. The third-order valence-corrected chi connectivity index (χ3v) is 4.47. The lowest BCUT2D eigenvalue weighted by atomic mass is 10.1. The van der Waals surface area contributed by atoms with Gasteiger partial charge in [-0.3, -0.25) is 0 Å². The molecule has 0 N–H and O–H groups in total. The van der Waals surface area contributed by atoms with E-state index >= 15 is 0 Å². The molecule has 25 heavy (non-hydrogen) atoms. The molecular weight excluding hydrogens is 320 g/mol. The fourth-order valence-corrected chi connectivity index (χ4v) is 3.09. The second-order valence-electron chi connectivity index (χ2n) is 6.23. The summed E-state index contributed by atoms with van der Waals surface area (Å²) in [5, 5.41) is 0. The third kappa shape index (κ3) is 3.92. The molecule has 2 aliphatic rings. The first kappa shape index (κ1) is 16.7. The van der Waals surface area contributed by atoms with Crippen LogP contribution >= 0.6 is 0 Å². The Kier molecular flexibility index (Phi) is 5.10. The van der Waals surface area contributed by atoms with Crippen LogP contribution in [0.1, 0.15) is 11.1 Å². The van der Waals surface area contributed by atoms with Gasteiger partial charge in [0.2, 0.25) is 0 Å². The molecule has 0 radical (unpaired) electrons. The molecule has 2 saturated heterocycles. The van der Waals surface area contributed by atoms with E-state index in [4.69, 9.17) is 23.7 Å². The predicted octanol–water partition coefficient (Wildman–Crippen LogP) is 2.88. The van der Waals surface area contributed by atoms with Gasteiger partial charge in [0.1, 0.15) is 18.3 Å². The summed E-state index contributed by atoms with van der Waals surface area (Å²) < 4.78 is 29.1. The van der Waals surface area contributed by atoms with E-state index in [0.717, 1.165) is 11.1 Å². The minimum atomic E-state index is -0.506. The van der Waals surface area contributed by atoms with Crippen molar-refractivity contribution in [2.45, 2.75) is 44.1 Å². The predicted molar refractivity (Wildman–Crippen MR) is 90.6 cm³/mol. The molecule has 2 fully saturated rings. The Hall–Kier alpha value is -1.76. The average Bonchev–Trinajstić information content (AvgIpc) is 3.45. The highest BCUT2D eigenvalue weighted by atomic mass is 16.8. The molecule has 0 amide bonds. The van der Waals surface area contributed by atoms with Crippen molar-refractivity contribution < 1.29 is 23.7 Å². The van der Waals surface area contributed by atoms with Gasteiger partial charge in [-0.1, -0.05) is 60.7 Å². The number of hydrogen-bond acceptors (Lipinski definition) is 5. The van der Waals surface area contributed by atoms with Crippen molar-refractivity contribution in [2.75, 3.05) is 7.11 Å². The van der Waals surface area contributed by atoms with E-state index in [1.165, 1.54) is 0 Å². The molecule has 0 bridgehead atoms. The van der Waals surface area contributed by atoms with Crippen molar-refractivity contribution in [1.29, 1.82) is 0 Å². The zero-order valence-electron chi connectivity index (χ0n) is 14.1. The van der Waals surface area contributed by atoms with E-state index < -0.39 is 6.29 Å². The third-order valence-electron chi connectivity index (χ3n) is 4.47. The largest absolute Gasteiger partial charge is 0.368 e. The SMILES string of the molecule is CO[C@H]1O[C@@H]2O[C@@H]2[C@H](OCc2ccccc2)[C@H]1OCc1ccccc1. The van der Waals surface area contributed by atoms with Crippen LogP contribution in [0.5, 0.6) is 0 Å². The highest BCUT2D eigenvalue weighted by Crippen LogP contribution is 2.39. The van der Waals surface area contributed by atoms with Crippen LogP contribution in [0.15, 0.2) is 60.7 Å². The van der Waals surface area contributed by atoms with Crippen LogP contribution in [-0.4, -0.2) is 38.0 Å². The van der Waals surface area contributed by atoms with E-state index in [9.17, 15) is 0 Å². The normalized spacial score (nSPS) is 30.7. The summed E-state index contributed by atoms with van der Waals surface area (Å²) in [6.07, 6.45) is -1.45. The lowest BCUT2D eigenvalue weighted by Crippen LogP contribution is -2.51. The molecule has 132 valence electrons. The molecule has 0 saturated carbocycles. The number of epoxide rings is 1. The molecule has 0 spiro atoms. The minimum absolute atomic E-state index is 0.101. The molecule has 2 aromatic rings. The maximum absolute atomic E-state index is 6.15. The summed E-state index contributed by atoms with van der Waals surface area (Å²) >= 11 is 0. The van der Waals surface area contributed by atoms with E-state index in [1.807, 2.05) is 60.7 Å². The van der Waals surface area contributed by atoms with Crippen LogP contribution in [-0.2, 0) is 36.9 Å². The van der Waals surface area contributed by atoms with Crippen LogP contribution in [0.2, 0.25) is 0 Å². The first-order valence-corrected chi connectivity index (χ1v) is 8.50. The van der Waals surface area contributed by atoms with Crippen molar-refractivity contribution in [3.63, 3.8) is 0 Å². The van der Waals surface area contributed by atoms with Crippen LogP contribution in [0, 0.1) is 0 Å². The number of hydrogen-bond donors (Lipinski definition) is 0. The Morgan fingerprint density at radius 3 is 1.88 bits per heavy atom. The first-order valence-electron chi connectivity index (χ1n) is 8.50. The number of rotatable bonds is 7. The van der Waals surface area contributed by atoms with E-state index in [1.54, 1.807) is 7.11 Å². The molecule has 2 aromatic carbocycles. The zero-order valence-corrected chi connectivity index (χ0v) is 14.1. The lowest BCUT2D eigenvalue weighted by Gasteiger charge is -2.34. The van der Waals surface area contributed by atoms with Gasteiger partial charge < -0.3 is 23.7 Å². The van der Waals surface area contributed by atoms with Gasteiger partial charge in [-0.15, -0.1) is 0 Å².